The Morgan fingerprint density at radius 2 is 0.650 bits per heavy atom. The Hall–Kier alpha value is -2.82. The average molecular weight is 1150 g/mol. The molecule has 0 heterocycles. The van der Waals surface area contributed by atoms with Gasteiger partial charge in [0.25, 0.3) is 0 Å². The minimum atomic E-state index is -4.76. The Balaban J connectivity index is 4.70. The zero-order chi connectivity index (χ0) is 58.3. The number of aliphatic hydroxyl groups excluding tert-OH is 1. The largest absolute Gasteiger partial charge is 0.472 e. The SMILES string of the molecule is CC/C=C\C/C=C\C/C=C\C/C=C\CCCCC(=O)OC(CO)COP(=O)(O)OCC(COC(=O)CCCCCCCCCCC/C=C\CCCCCCCC)OC(=O)CCCCCCCCCCCCCCCCCCCCC. The minimum absolute atomic E-state index is 0.126. The van der Waals surface area contributed by atoms with Crippen LogP contribution < -0.4 is 0 Å². The van der Waals surface area contributed by atoms with E-state index in [-0.39, 0.29) is 25.9 Å². The number of phosphoric ester groups is 1. The number of allylic oxidation sites excluding steroid dienone is 10. The first-order chi connectivity index (χ1) is 39.2. The standard InChI is InChI=1S/C68H123O11P/c1-4-7-10-13-16-19-22-25-28-30-32-34-37-39-42-45-48-51-54-57-66(70)75-61-65(79-68(72)59-56-53-50-47-44-41-38-35-33-31-29-26-23-20-17-14-11-8-5-2)63-77-80(73,74)76-62-64(60-69)78-67(71)58-55-52-49-46-43-40-36-27-24-21-18-15-12-9-6-3/h9,12,18,21,25,27-28,36,43,46,64-65,69H,4-8,10-11,13-17,19-20,22-24,26,29-35,37-42,44-45,47-63H2,1-3H3,(H,73,74)/b12-9-,21-18-,28-25-,36-27-,46-43-. The summed E-state index contributed by atoms with van der Waals surface area (Å²) in [7, 11) is -4.76. The van der Waals surface area contributed by atoms with Gasteiger partial charge in [-0.15, -0.1) is 0 Å². The van der Waals surface area contributed by atoms with E-state index in [0.29, 0.717) is 19.3 Å². The van der Waals surface area contributed by atoms with Gasteiger partial charge in [-0.05, 0) is 83.5 Å². The van der Waals surface area contributed by atoms with Crippen LogP contribution in [0, 0.1) is 0 Å². The summed E-state index contributed by atoms with van der Waals surface area (Å²) in [6.07, 6.45) is 70.4. The van der Waals surface area contributed by atoms with Crippen LogP contribution in [0.15, 0.2) is 60.8 Å². The molecule has 3 atom stereocenters. The van der Waals surface area contributed by atoms with E-state index in [1.54, 1.807) is 0 Å². The highest BCUT2D eigenvalue weighted by Gasteiger charge is 2.28. The van der Waals surface area contributed by atoms with Crippen LogP contribution in [-0.4, -0.2) is 66.5 Å². The number of unbranched alkanes of at least 4 members (excludes halogenated alkanes) is 35. The van der Waals surface area contributed by atoms with E-state index < -0.39 is 57.8 Å². The highest BCUT2D eigenvalue weighted by atomic mass is 31.2. The number of phosphoric acid groups is 1. The molecule has 0 saturated heterocycles. The van der Waals surface area contributed by atoms with Crippen molar-refractivity contribution in [2.75, 3.05) is 26.4 Å². The molecular weight excluding hydrogens is 1020 g/mol. The molecular formula is C68H123O11P. The first kappa shape index (κ1) is 77.2. The fraction of sp³-hybridized carbons (Fsp3) is 0.809. The van der Waals surface area contributed by atoms with Crippen LogP contribution >= 0.6 is 7.82 Å². The van der Waals surface area contributed by atoms with Gasteiger partial charge in [0.15, 0.2) is 6.10 Å². The van der Waals surface area contributed by atoms with Gasteiger partial charge >= 0.3 is 25.7 Å². The van der Waals surface area contributed by atoms with Crippen molar-refractivity contribution in [2.24, 2.45) is 0 Å². The van der Waals surface area contributed by atoms with Gasteiger partial charge in [-0.2, -0.15) is 0 Å². The monoisotopic (exact) mass is 1150 g/mol. The second-order valence-electron chi connectivity index (χ2n) is 22.3. The quantitative estimate of drug-likeness (QED) is 0.0197. The topological polar surface area (TPSA) is 155 Å². The fourth-order valence-electron chi connectivity index (χ4n) is 9.40. The van der Waals surface area contributed by atoms with Crippen molar-refractivity contribution in [2.45, 2.75) is 328 Å². The molecule has 12 heteroatoms. The molecule has 2 N–H and O–H groups in total. The van der Waals surface area contributed by atoms with Gasteiger partial charge in [0, 0.05) is 19.3 Å². The van der Waals surface area contributed by atoms with Crippen LogP contribution in [0.1, 0.15) is 316 Å². The Morgan fingerprint density at radius 1 is 0.362 bits per heavy atom. The van der Waals surface area contributed by atoms with Gasteiger partial charge in [0.2, 0.25) is 0 Å². The number of esters is 3. The third-order valence-corrected chi connectivity index (χ3v) is 15.4. The van der Waals surface area contributed by atoms with E-state index in [2.05, 4.69) is 81.5 Å². The second kappa shape index (κ2) is 62.2. The first-order valence-electron chi connectivity index (χ1n) is 33.2. The third kappa shape index (κ3) is 59.8. The molecule has 0 rings (SSSR count). The Kier molecular flexibility index (Phi) is 60.0. The van der Waals surface area contributed by atoms with Crippen molar-refractivity contribution in [1.82, 2.24) is 0 Å². The molecule has 0 aliphatic carbocycles. The minimum Gasteiger partial charge on any atom is -0.462 e. The number of hydrogen-bond donors (Lipinski definition) is 2. The van der Waals surface area contributed by atoms with Crippen LogP contribution in [0.2, 0.25) is 0 Å². The fourth-order valence-corrected chi connectivity index (χ4v) is 10.2. The zero-order valence-electron chi connectivity index (χ0n) is 51.8. The summed E-state index contributed by atoms with van der Waals surface area (Å²) < 4.78 is 39.7. The zero-order valence-corrected chi connectivity index (χ0v) is 52.7. The highest BCUT2D eigenvalue weighted by molar-refractivity contribution is 7.47. The summed E-state index contributed by atoms with van der Waals surface area (Å²) in [6.45, 7) is 4.54. The Labute approximate surface area is 491 Å². The summed E-state index contributed by atoms with van der Waals surface area (Å²) in [5.74, 6) is -1.49. The lowest BCUT2D eigenvalue weighted by atomic mass is 10.0. The molecule has 0 fully saturated rings. The molecule has 0 amide bonds. The maximum absolute atomic E-state index is 13.0. The Bertz CT molecular complexity index is 1570. The van der Waals surface area contributed by atoms with Crippen molar-refractivity contribution in [3.05, 3.63) is 60.8 Å². The molecule has 0 aromatic carbocycles. The highest BCUT2D eigenvalue weighted by Crippen LogP contribution is 2.43. The summed E-state index contributed by atoms with van der Waals surface area (Å²) >= 11 is 0. The van der Waals surface area contributed by atoms with Crippen LogP contribution in [0.3, 0.4) is 0 Å². The van der Waals surface area contributed by atoms with Crippen molar-refractivity contribution in [1.29, 1.82) is 0 Å². The molecule has 0 radical (unpaired) electrons. The molecule has 11 nitrogen and oxygen atoms in total. The maximum Gasteiger partial charge on any atom is 0.472 e. The van der Waals surface area contributed by atoms with Crippen molar-refractivity contribution < 1.29 is 52.2 Å². The lowest BCUT2D eigenvalue weighted by Crippen LogP contribution is -2.30. The summed E-state index contributed by atoms with van der Waals surface area (Å²) in [5, 5.41) is 9.84. The van der Waals surface area contributed by atoms with Crippen LogP contribution in [0.25, 0.3) is 0 Å². The molecule has 0 aliphatic rings. The van der Waals surface area contributed by atoms with Crippen molar-refractivity contribution >= 4 is 25.7 Å². The molecule has 0 spiro atoms. The van der Waals surface area contributed by atoms with Gasteiger partial charge in [-0.25, -0.2) is 4.57 Å². The predicted octanol–water partition coefficient (Wildman–Crippen LogP) is 20.3. The van der Waals surface area contributed by atoms with E-state index in [1.165, 1.54) is 180 Å². The van der Waals surface area contributed by atoms with Crippen LogP contribution in [0.5, 0.6) is 0 Å². The Morgan fingerprint density at radius 3 is 1.04 bits per heavy atom. The third-order valence-electron chi connectivity index (χ3n) is 14.4. The number of hydrogen-bond acceptors (Lipinski definition) is 10. The van der Waals surface area contributed by atoms with E-state index in [9.17, 15) is 28.9 Å². The van der Waals surface area contributed by atoms with Crippen LogP contribution in [0.4, 0.5) is 0 Å². The normalized spacial score (nSPS) is 13.6. The molecule has 0 bridgehead atoms. The maximum atomic E-state index is 13.0. The molecule has 0 aromatic rings. The van der Waals surface area contributed by atoms with Crippen molar-refractivity contribution in [3.8, 4) is 0 Å². The van der Waals surface area contributed by atoms with E-state index in [0.717, 1.165) is 77.0 Å². The number of rotatable bonds is 62. The van der Waals surface area contributed by atoms with Gasteiger partial charge in [0.05, 0.1) is 19.8 Å². The number of carbonyl (C=O) groups excluding carboxylic acids is 3. The summed E-state index contributed by atoms with van der Waals surface area (Å²) in [6, 6.07) is 0. The summed E-state index contributed by atoms with van der Waals surface area (Å²) in [4.78, 5) is 48.8. The summed E-state index contributed by atoms with van der Waals surface area (Å²) in [5.41, 5.74) is 0. The van der Waals surface area contributed by atoms with Gasteiger partial charge in [-0.1, -0.05) is 274 Å². The number of carbonyl (C=O) groups is 3. The van der Waals surface area contributed by atoms with E-state index >= 15 is 0 Å². The average Bonchev–Trinajstić information content (AvgIpc) is 3.45. The van der Waals surface area contributed by atoms with Gasteiger partial charge < -0.3 is 24.2 Å². The molecule has 80 heavy (non-hydrogen) atoms. The van der Waals surface area contributed by atoms with Crippen molar-refractivity contribution in [3.63, 3.8) is 0 Å². The lowest BCUT2D eigenvalue weighted by molar-refractivity contribution is -0.161. The van der Waals surface area contributed by atoms with E-state index in [1.807, 2.05) is 0 Å². The smallest absolute Gasteiger partial charge is 0.462 e. The predicted molar refractivity (Wildman–Crippen MR) is 335 cm³/mol. The lowest BCUT2D eigenvalue weighted by Gasteiger charge is -2.21. The molecule has 0 aliphatic heterocycles. The molecule has 466 valence electrons. The van der Waals surface area contributed by atoms with Gasteiger partial charge in [0.1, 0.15) is 12.7 Å². The number of aliphatic hydroxyl groups is 1. The molecule has 0 saturated carbocycles. The van der Waals surface area contributed by atoms with E-state index in [4.69, 9.17) is 23.3 Å². The number of ether oxygens (including phenoxy) is 3. The second-order valence-corrected chi connectivity index (χ2v) is 23.7. The molecule has 0 aromatic heterocycles. The van der Waals surface area contributed by atoms with Crippen LogP contribution in [-0.2, 0) is 42.2 Å². The molecule has 3 unspecified atom stereocenters. The van der Waals surface area contributed by atoms with Gasteiger partial charge in [-0.3, -0.25) is 23.4 Å². The first-order valence-corrected chi connectivity index (χ1v) is 34.7.